The van der Waals surface area contributed by atoms with Gasteiger partial charge in [0.05, 0.1) is 0 Å². The molecule has 0 aromatic heterocycles. The van der Waals surface area contributed by atoms with Crippen molar-refractivity contribution in [1.82, 2.24) is 0 Å². The zero-order valence-electron chi connectivity index (χ0n) is 47.8. The molecule has 416 valence electrons. The summed E-state index contributed by atoms with van der Waals surface area (Å²) in [6.45, 7) is 6.67. The Morgan fingerprint density at radius 2 is 0.507 bits per heavy atom. The third-order valence-corrected chi connectivity index (χ3v) is 14.1. The second-order valence-electron chi connectivity index (χ2n) is 21.3. The summed E-state index contributed by atoms with van der Waals surface area (Å²) in [5, 5.41) is 0. The number of esters is 3. The van der Waals surface area contributed by atoms with Crippen LogP contribution in [0.15, 0.2) is 36.5 Å². The van der Waals surface area contributed by atoms with Crippen molar-refractivity contribution in [2.24, 2.45) is 0 Å². The van der Waals surface area contributed by atoms with Gasteiger partial charge in [0.25, 0.3) is 0 Å². The molecule has 6 nitrogen and oxygen atoms in total. The van der Waals surface area contributed by atoms with E-state index in [9.17, 15) is 14.4 Å². The highest BCUT2D eigenvalue weighted by Gasteiger charge is 2.19. The summed E-state index contributed by atoms with van der Waals surface area (Å²) in [4.78, 5) is 38.1. The third-order valence-electron chi connectivity index (χ3n) is 14.1. The lowest BCUT2D eigenvalue weighted by Gasteiger charge is -2.18. The molecule has 0 aromatic rings. The molecule has 6 heteroatoms. The van der Waals surface area contributed by atoms with Crippen molar-refractivity contribution < 1.29 is 28.6 Å². The first-order chi connectivity index (χ1) is 35.0. The van der Waals surface area contributed by atoms with Gasteiger partial charge < -0.3 is 14.2 Å². The minimum Gasteiger partial charge on any atom is -0.462 e. The number of hydrogen-bond donors (Lipinski definition) is 0. The molecule has 1 atom stereocenters. The molecule has 0 fully saturated rings. The van der Waals surface area contributed by atoms with Crippen LogP contribution in [0, 0.1) is 0 Å². The van der Waals surface area contributed by atoms with Crippen molar-refractivity contribution in [1.29, 1.82) is 0 Å². The van der Waals surface area contributed by atoms with E-state index in [1.165, 1.54) is 231 Å². The Kier molecular flexibility index (Phi) is 58.2. The topological polar surface area (TPSA) is 78.9 Å². The van der Waals surface area contributed by atoms with Gasteiger partial charge in [-0.25, -0.2) is 0 Å². The maximum atomic E-state index is 12.8. The van der Waals surface area contributed by atoms with Crippen molar-refractivity contribution in [3.63, 3.8) is 0 Å². The lowest BCUT2D eigenvalue weighted by molar-refractivity contribution is -0.167. The quantitative estimate of drug-likeness (QED) is 0.0261. The van der Waals surface area contributed by atoms with Crippen molar-refractivity contribution in [3.05, 3.63) is 36.5 Å². The van der Waals surface area contributed by atoms with Gasteiger partial charge >= 0.3 is 17.9 Å². The van der Waals surface area contributed by atoms with Crippen LogP contribution in [0.1, 0.15) is 342 Å². The summed E-state index contributed by atoms with van der Waals surface area (Å²) in [6, 6.07) is 0. The van der Waals surface area contributed by atoms with Crippen LogP contribution >= 0.6 is 0 Å². The molecule has 0 aliphatic heterocycles. The number of allylic oxidation sites excluding steroid dienone is 6. The molecule has 0 saturated heterocycles. The van der Waals surface area contributed by atoms with Crippen LogP contribution in [0.2, 0.25) is 0 Å². The highest BCUT2D eigenvalue weighted by atomic mass is 16.6. The zero-order valence-corrected chi connectivity index (χ0v) is 47.8. The average molecular weight is 998 g/mol. The highest BCUT2D eigenvalue weighted by molar-refractivity contribution is 5.71. The van der Waals surface area contributed by atoms with Crippen LogP contribution in [0.4, 0.5) is 0 Å². The maximum Gasteiger partial charge on any atom is 0.306 e. The summed E-state index contributed by atoms with van der Waals surface area (Å²) in [6.07, 6.45) is 73.0. The summed E-state index contributed by atoms with van der Waals surface area (Å²) in [5.74, 6) is -0.846. The second-order valence-corrected chi connectivity index (χ2v) is 21.3. The van der Waals surface area contributed by atoms with Gasteiger partial charge in [-0.3, -0.25) is 14.4 Å². The summed E-state index contributed by atoms with van der Waals surface area (Å²) >= 11 is 0. The predicted octanol–water partition coefficient (Wildman–Crippen LogP) is 21.2. The third kappa shape index (κ3) is 58.4. The number of carbonyl (C=O) groups excluding carboxylic acids is 3. The number of rotatable bonds is 58. The van der Waals surface area contributed by atoms with Gasteiger partial charge in [-0.1, -0.05) is 301 Å². The fraction of sp³-hybridized carbons (Fsp3) is 0.862. The van der Waals surface area contributed by atoms with E-state index in [-0.39, 0.29) is 31.1 Å². The van der Waals surface area contributed by atoms with Crippen molar-refractivity contribution in [3.8, 4) is 0 Å². The van der Waals surface area contributed by atoms with Gasteiger partial charge in [0.1, 0.15) is 13.2 Å². The molecule has 0 bridgehead atoms. The number of carbonyl (C=O) groups is 3. The largest absolute Gasteiger partial charge is 0.462 e. The Morgan fingerprint density at radius 3 is 0.789 bits per heavy atom. The first-order valence-electron chi connectivity index (χ1n) is 31.5. The van der Waals surface area contributed by atoms with E-state index in [0.717, 1.165) is 70.6 Å². The molecule has 0 radical (unpaired) electrons. The van der Waals surface area contributed by atoms with Crippen LogP contribution < -0.4 is 0 Å². The lowest BCUT2D eigenvalue weighted by atomic mass is 10.0. The zero-order chi connectivity index (χ0) is 51.4. The lowest BCUT2D eigenvalue weighted by Crippen LogP contribution is -2.30. The summed E-state index contributed by atoms with van der Waals surface area (Å²) < 4.78 is 16.9. The van der Waals surface area contributed by atoms with E-state index in [4.69, 9.17) is 14.2 Å². The fourth-order valence-corrected chi connectivity index (χ4v) is 9.39. The Hall–Kier alpha value is -2.37. The summed E-state index contributed by atoms with van der Waals surface area (Å²) in [7, 11) is 0. The normalized spacial score (nSPS) is 12.2. The van der Waals surface area contributed by atoms with E-state index < -0.39 is 6.10 Å². The monoisotopic (exact) mass is 997 g/mol. The van der Waals surface area contributed by atoms with Gasteiger partial charge in [0.2, 0.25) is 0 Å². The highest BCUT2D eigenvalue weighted by Crippen LogP contribution is 2.17. The number of hydrogen-bond acceptors (Lipinski definition) is 6. The van der Waals surface area contributed by atoms with Crippen molar-refractivity contribution in [2.75, 3.05) is 13.2 Å². The number of ether oxygens (including phenoxy) is 3. The Morgan fingerprint density at radius 1 is 0.282 bits per heavy atom. The standard InChI is InChI=1S/C65H120O6/c1-4-7-10-13-16-19-22-25-26-27-28-29-30-31-32-33-34-35-36-37-38-39-40-41-44-46-49-52-55-58-64(67)70-61-62(71-65(68)59-56-53-50-47-43-24-21-18-15-12-9-6-3)60-69-63(66)57-54-51-48-45-42-23-20-17-14-11-8-5-2/h22,25,27-28,30-31,62H,4-21,23-24,26,29,32-61H2,1-3H3/b25-22-,28-27-,31-30-. The SMILES string of the molecule is CCCCCCC/C=C\C/C=C\C/C=C\CCCCCCCCCCCCCCCCC(=O)OCC(COC(=O)CCCCCCCCCCCCCC)OC(=O)CCCCCCCCCCCCCC. The molecular formula is C65H120O6. The minimum atomic E-state index is -0.766. The maximum absolute atomic E-state index is 12.8. The molecule has 0 spiro atoms. The first kappa shape index (κ1) is 68.6. The van der Waals surface area contributed by atoms with Gasteiger partial charge in [0, 0.05) is 19.3 Å². The van der Waals surface area contributed by atoms with Gasteiger partial charge in [-0.2, -0.15) is 0 Å². The molecule has 0 amide bonds. The van der Waals surface area contributed by atoms with E-state index in [1.807, 2.05) is 0 Å². The Labute approximate surface area is 442 Å². The average Bonchev–Trinajstić information content (AvgIpc) is 3.37. The van der Waals surface area contributed by atoms with Crippen molar-refractivity contribution >= 4 is 17.9 Å². The fourth-order valence-electron chi connectivity index (χ4n) is 9.39. The van der Waals surface area contributed by atoms with Crippen molar-refractivity contribution in [2.45, 2.75) is 348 Å². The van der Waals surface area contributed by atoms with E-state index in [2.05, 4.69) is 57.2 Å². The van der Waals surface area contributed by atoms with E-state index >= 15 is 0 Å². The second kappa shape index (κ2) is 60.2. The van der Waals surface area contributed by atoms with Gasteiger partial charge in [-0.05, 0) is 57.8 Å². The molecule has 0 N–H and O–H groups in total. The molecule has 0 saturated carbocycles. The van der Waals surface area contributed by atoms with Crippen LogP contribution in [0.3, 0.4) is 0 Å². The van der Waals surface area contributed by atoms with Gasteiger partial charge in [0.15, 0.2) is 6.10 Å². The first-order valence-corrected chi connectivity index (χ1v) is 31.5. The Balaban J connectivity index is 4.12. The molecule has 1 unspecified atom stereocenters. The minimum absolute atomic E-state index is 0.0661. The molecule has 71 heavy (non-hydrogen) atoms. The van der Waals surface area contributed by atoms with E-state index in [0.29, 0.717) is 19.3 Å². The van der Waals surface area contributed by atoms with Crippen LogP contribution in [-0.2, 0) is 28.6 Å². The molecule has 0 rings (SSSR count). The van der Waals surface area contributed by atoms with Crippen LogP contribution in [0.5, 0.6) is 0 Å². The Bertz CT molecular complexity index is 1190. The molecule has 0 aliphatic rings. The van der Waals surface area contributed by atoms with E-state index in [1.54, 1.807) is 0 Å². The van der Waals surface area contributed by atoms with Crippen LogP contribution in [0.25, 0.3) is 0 Å². The molecule has 0 aliphatic carbocycles. The molecule has 0 heterocycles. The summed E-state index contributed by atoms with van der Waals surface area (Å²) in [5.41, 5.74) is 0. The van der Waals surface area contributed by atoms with Gasteiger partial charge in [-0.15, -0.1) is 0 Å². The molecule has 0 aromatic carbocycles. The van der Waals surface area contributed by atoms with Crippen LogP contribution in [-0.4, -0.2) is 37.2 Å². The smallest absolute Gasteiger partial charge is 0.306 e. The number of unbranched alkanes of at least 4 members (excludes halogenated alkanes) is 41. The molecular weight excluding hydrogens is 877 g/mol. The predicted molar refractivity (Wildman–Crippen MR) is 307 cm³/mol.